The first-order valence-corrected chi connectivity index (χ1v) is 5.09. The van der Waals surface area contributed by atoms with E-state index in [1.165, 1.54) is 0 Å². The van der Waals surface area contributed by atoms with E-state index in [4.69, 9.17) is 11.6 Å². The van der Waals surface area contributed by atoms with Gasteiger partial charge in [0.05, 0.1) is 12.5 Å². The number of nitrogens with one attached hydrogen (secondary N) is 1. The van der Waals surface area contributed by atoms with Crippen LogP contribution in [0.3, 0.4) is 0 Å². The number of hydrogen-bond donors (Lipinski definition) is 1. The van der Waals surface area contributed by atoms with E-state index in [-0.39, 0.29) is 24.2 Å². The van der Waals surface area contributed by atoms with E-state index in [2.05, 4.69) is 5.32 Å². The molecule has 0 aliphatic carbocycles. The Balaban J connectivity index is 2.23. The Kier molecular flexibility index (Phi) is 2.73. The second-order valence-corrected chi connectivity index (χ2v) is 4.03. The summed E-state index contributed by atoms with van der Waals surface area (Å²) in [5.41, 5.74) is 0.879. The number of hydrogen-bond acceptors (Lipinski definition) is 2. The van der Waals surface area contributed by atoms with Gasteiger partial charge in [-0.2, -0.15) is 0 Å². The van der Waals surface area contributed by atoms with Gasteiger partial charge in [0, 0.05) is 11.4 Å². The smallest absolute Gasteiger partial charge is 0.227 e. The molecule has 1 heterocycles. The first kappa shape index (κ1) is 10.2. The third kappa shape index (κ3) is 2.36. The van der Waals surface area contributed by atoms with Crippen molar-refractivity contribution in [1.82, 2.24) is 5.32 Å². The van der Waals surface area contributed by atoms with Crippen LogP contribution in [-0.2, 0) is 9.59 Å². The second-order valence-electron chi connectivity index (χ2n) is 3.59. The second kappa shape index (κ2) is 4.03. The molecule has 0 saturated carbocycles. The number of ketones is 1. The minimum atomic E-state index is -0.225. The first-order valence-electron chi connectivity index (χ1n) is 4.71. The maximum Gasteiger partial charge on any atom is 0.227 e. The van der Waals surface area contributed by atoms with Crippen molar-refractivity contribution in [2.45, 2.75) is 18.9 Å². The summed E-state index contributed by atoms with van der Waals surface area (Å²) in [7, 11) is 0. The normalized spacial score (nSPS) is 21.3. The fourth-order valence-electron chi connectivity index (χ4n) is 1.70. The fraction of sp³-hybridized carbons (Fsp3) is 0.273. The zero-order valence-corrected chi connectivity index (χ0v) is 8.75. The van der Waals surface area contributed by atoms with Gasteiger partial charge in [-0.3, -0.25) is 9.59 Å². The minimum absolute atomic E-state index is 0.00291. The molecule has 78 valence electrons. The van der Waals surface area contributed by atoms with Crippen LogP contribution in [0.2, 0.25) is 5.02 Å². The third-order valence-electron chi connectivity index (χ3n) is 2.38. The molecule has 3 nitrogen and oxygen atoms in total. The van der Waals surface area contributed by atoms with Gasteiger partial charge in [0.2, 0.25) is 5.91 Å². The van der Waals surface area contributed by atoms with E-state index in [0.717, 1.165) is 5.56 Å². The maximum atomic E-state index is 11.2. The molecule has 1 aromatic carbocycles. The van der Waals surface area contributed by atoms with Crippen LogP contribution in [0.25, 0.3) is 0 Å². The monoisotopic (exact) mass is 223 g/mol. The van der Waals surface area contributed by atoms with Crippen LogP contribution in [0.4, 0.5) is 0 Å². The van der Waals surface area contributed by atoms with Gasteiger partial charge in [-0.1, -0.05) is 23.7 Å². The van der Waals surface area contributed by atoms with Gasteiger partial charge in [0.15, 0.2) is 0 Å². The summed E-state index contributed by atoms with van der Waals surface area (Å²) in [5.74, 6) is -0.236. The van der Waals surface area contributed by atoms with Crippen LogP contribution in [0, 0.1) is 0 Å². The minimum Gasteiger partial charge on any atom is -0.348 e. The summed E-state index contributed by atoms with van der Waals surface area (Å²) in [6.07, 6.45) is 0.350. The van der Waals surface area contributed by atoms with Crippen molar-refractivity contribution >= 4 is 23.3 Å². The Labute approximate surface area is 92.4 Å². The average molecular weight is 224 g/mol. The topological polar surface area (TPSA) is 46.2 Å². The largest absolute Gasteiger partial charge is 0.348 e. The number of piperidine rings is 1. The Morgan fingerprint density at radius 1 is 1.33 bits per heavy atom. The summed E-state index contributed by atoms with van der Waals surface area (Å²) < 4.78 is 0. The molecule has 1 amide bonds. The van der Waals surface area contributed by atoms with E-state index in [9.17, 15) is 9.59 Å². The van der Waals surface area contributed by atoms with Gasteiger partial charge in [0.1, 0.15) is 5.78 Å². The highest BCUT2D eigenvalue weighted by Gasteiger charge is 2.25. The van der Waals surface area contributed by atoms with Gasteiger partial charge in [0.25, 0.3) is 0 Å². The molecule has 1 atom stereocenters. The zero-order chi connectivity index (χ0) is 10.8. The van der Waals surface area contributed by atoms with E-state index in [1.807, 2.05) is 12.1 Å². The molecular weight excluding hydrogens is 214 g/mol. The predicted octanol–water partition coefficient (Wildman–Crippen LogP) is 1.86. The van der Waals surface area contributed by atoms with Crippen molar-refractivity contribution in [2.24, 2.45) is 0 Å². The zero-order valence-electron chi connectivity index (χ0n) is 8.00. The molecule has 1 unspecified atom stereocenters. The van der Waals surface area contributed by atoms with Gasteiger partial charge in [-0.25, -0.2) is 0 Å². The fourth-order valence-corrected chi connectivity index (χ4v) is 1.90. The van der Waals surface area contributed by atoms with Crippen LogP contribution >= 0.6 is 11.6 Å². The predicted molar refractivity (Wildman–Crippen MR) is 56.6 cm³/mol. The molecule has 15 heavy (non-hydrogen) atoms. The molecule has 4 heteroatoms. The van der Waals surface area contributed by atoms with Crippen LogP contribution in [0.5, 0.6) is 0 Å². The Morgan fingerprint density at radius 3 is 2.80 bits per heavy atom. The number of carbonyl (C=O) groups is 2. The molecule has 1 aromatic rings. The maximum absolute atomic E-state index is 11.2. The highest BCUT2D eigenvalue weighted by molar-refractivity contribution is 6.30. The number of carbonyl (C=O) groups excluding carboxylic acids is 2. The standard InChI is InChI=1S/C11H10ClNO2/c12-8-3-1-2-7(4-8)10-5-9(14)6-11(15)13-10/h1-4,10H,5-6H2,(H,13,15). The summed E-state index contributed by atoms with van der Waals surface area (Å²) in [6.45, 7) is 0. The van der Waals surface area contributed by atoms with Crippen molar-refractivity contribution in [3.63, 3.8) is 0 Å². The SMILES string of the molecule is O=C1CC(=O)NC(c2cccc(Cl)c2)C1. The lowest BCUT2D eigenvalue weighted by molar-refractivity contribution is -0.132. The summed E-state index contributed by atoms with van der Waals surface area (Å²) in [6, 6.07) is 6.97. The number of benzene rings is 1. The van der Waals surface area contributed by atoms with Crippen LogP contribution in [-0.4, -0.2) is 11.7 Å². The number of Topliss-reactive ketones (excluding diaryl/α,β-unsaturated/α-hetero) is 1. The first-order chi connectivity index (χ1) is 7.15. The molecule has 1 fully saturated rings. The molecule has 1 N–H and O–H groups in total. The van der Waals surface area contributed by atoms with Gasteiger partial charge < -0.3 is 5.32 Å². The molecule has 0 radical (unpaired) electrons. The van der Waals surface area contributed by atoms with Gasteiger partial charge in [-0.15, -0.1) is 0 Å². The molecule has 1 aliphatic heterocycles. The third-order valence-corrected chi connectivity index (χ3v) is 2.61. The summed E-state index contributed by atoms with van der Waals surface area (Å²) in [4.78, 5) is 22.4. The summed E-state index contributed by atoms with van der Waals surface area (Å²) in [5, 5.41) is 3.38. The number of rotatable bonds is 1. The van der Waals surface area contributed by atoms with Crippen LogP contribution in [0.1, 0.15) is 24.4 Å². The molecule has 2 rings (SSSR count). The van der Waals surface area contributed by atoms with E-state index >= 15 is 0 Å². The van der Waals surface area contributed by atoms with Crippen molar-refractivity contribution in [3.05, 3.63) is 34.9 Å². The van der Waals surface area contributed by atoms with E-state index in [1.54, 1.807) is 12.1 Å². The molecule has 0 bridgehead atoms. The number of amides is 1. The number of halogens is 1. The highest BCUT2D eigenvalue weighted by atomic mass is 35.5. The lowest BCUT2D eigenvalue weighted by atomic mass is 9.96. The van der Waals surface area contributed by atoms with Crippen LogP contribution in [0.15, 0.2) is 24.3 Å². The quantitative estimate of drug-likeness (QED) is 0.739. The van der Waals surface area contributed by atoms with E-state index < -0.39 is 0 Å². The van der Waals surface area contributed by atoms with Crippen molar-refractivity contribution in [3.8, 4) is 0 Å². The molecule has 1 aliphatic rings. The molecule has 0 spiro atoms. The van der Waals surface area contributed by atoms with Crippen LogP contribution < -0.4 is 5.32 Å². The highest BCUT2D eigenvalue weighted by Crippen LogP contribution is 2.23. The molecular formula is C11H10ClNO2. The Hall–Kier alpha value is -1.35. The lowest BCUT2D eigenvalue weighted by Crippen LogP contribution is -2.36. The van der Waals surface area contributed by atoms with Crippen molar-refractivity contribution in [2.75, 3.05) is 0 Å². The van der Waals surface area contributed by atoms with Gasteiger partial charge >= 0.3 is 0 Å². The molecule has 1 saturated heterocycles. The lowest BCUT2D eigenvalue weighted by Gasteiger charge is -2.22. The molecule has 0 aromatic heterocycles. The van der Waals surface area contributed by atoms with Crippen molar-refractivity contribution in [1.29, 1.82) is 0 Å². The Bertz CT molecular complexity index is 401. The van der Waals surface area contributed by atoms with Crippen molar-refractivity contribution < 1.29 is 9.59 Å². The summed E-state index contributed by atoms with van der Waals surface area (Å²) >= 11 is 5.84. The van der Waals surface area contributed by atoms with Gasteiger partial charge in [-0.05, 0) is 17.7 Å². The van der Waals surface area contributed by atoms with E-state index in [0.29, 0.717) is 11.4 Å². The average Bonchev–Trinajstić information content (AvgIpc) is 2.16. The Morgan fingerprint density at radius 2 is 2.13 bits per heavy atom.